The summed E-state index contributed by atoms with van der Waals surface area (Å²) in [5.74, 6) is -0.933. The minimum absolute atomic E-state index is 0.164. The van der Waals surface area contributed by atoms with Gasteiger partial charge in [0.25, 0.3) is 11.5 Å². The minimum atomic E-state index is -0.490. The molecule has 1 aliphatic rings. The highest BCUT2D eigenvalue weighted by Crippen LogP contribution is 2.25. The molecule has 1 aliphatic heterocycles. The normalized spacial score (nSPS) is 14.1. The smallest absolute Gasteiger partial charge is 0.281 e. The van der Waals surface area contributed by atoms with Crippen LogP contribution in [-0.4, -0.2) is 56.8 Å². The fraction of sp³-hybridized carbons (Fsp3) is 0.154. The Balaban J connectivity index is 1.31. The van der Waals surface area contributed by atoms with E-state index in [1.807, 2.05) is 0 Å². The number of piperazine rings is 1. The highest BCUT2D eigenvalue weighted by atomic mass is 19.1. The first-order valence-electron chi connectivity index (χ1n) is 11.5. The van der Waals surface area contributed by atoms with Crippen LogP contribution in [0.15, 0.2) is 71.5 Å². The van der Waals surface area contributed by atoms with Crippen molar-refractivity contribution in [3.05, 3.63) is 94.3 Å². The van der Waals surface area contributed by atoms with E-state index in [1.54, 1.807) is 53.4 Å². The van der Waals surface area contributed by atoms with E-state index in [-0.39, 0.29) is 28.6 Å². The molecule has 10 heteroatoms. The Hall–Kier alpha value is -4.60. The summed E-state index contributed by atoms with van der Waals surface area (Å²) in [6.45, 7) is 2.24. The first-order chi connectivity index (χ1) is 17.5. The summed E-state index contributed by atoms with van der Waals surface area (Å²) in [5.41, 5.74) is 1.86. The molecule has 0 atom stereocenters. The van der Waals surface area contributed by atoms with Crippen LogP contribution >= 0.6 is 0 Å². The van der Waals surface area contributed by atoms with Crippen LogP contribution in [-0.2, 0) is 0 Å². The topological polar surface area (TPSA) is 86.6 Å². The second-order valence-corrected chi connectivity index (χ2v) is 8.60. The van der Waals surface area contributed by atoms with E-state index >= 15 is 0 Å². The first kappa shape index (κ1) is 21.9. The van der Waals surface area contributed by atoms with Gasteiger partial charge in [0.15, 0.2) is 5.65 Å². The summed E-state index contributed by atoms with van der Waals surface area (Å²) in [6, 6.07) is 17.2. The Bertz CT molecular complexity index is 1670. The van der Waals surface area contributed by atoms with Crippen LogP contribution < -0.4 is 10.5 Å². The van der Waals surface area contributed by atoms with Gasteiger partial charge in [-0.25, -0.2) is 18.5 Å². The average Bonchev–Trinajstić information content (AvgIpc) is 3.32. The molecule has 5 aromatic rings. The Morgan fingerprint density at radius 2 is 1.67 bits per heavy atom. The third-order valence-electron chi connectivity index (χ3n) is 6.50. The number of aromatic amines is 1. The van der Waals surface area contributed by atoms with Crippen molar-refractivity contribution in [2.75, 3.05) is 31.1 Å². The predicted molar refractivity (Wildman–Crippen MR) is 131 cm³/mol. The molecule has 0 spiro atoms. The van der Waals surface area contributed by atoms with Gasteiger partial charge in [-0.1, -0.05) is 12.1 Å². The predicted octanol–water partition coefficient (Wildman–Crippen LogP) is 3.48. The van der Waals surface area contributed by atoms with Crippen molar-refractivity contribution < 1.29 is 13.6 Å². The number of amides is 1. The van der Waals surface area contributed by atoms with Gasteiger partial charge in [-0.05, 0) is 54.6 Å². The molecule has 0 radical (unpaired) electrons. The number of nitrogens with zero attached hydrogens (tertiary/aromatic N) is 5. The molecule has 36 heavy (non-hydrogen) atoms. The molecule has 0 bridgehead atoms. The molecular weight excluding hydrogens is 466 g/mol. The molecule has 1 fully saturated rings. The molecule has 1 N–H and O–H groups in total. The molecule has 1 amide bonds. The van der Waals surface area contributed by atoms with Crippen LogP contribution in [0.1, 0.15) is 10.4 Å². The van der Waals surface area contributed by atoms with Crippen molar-refractivity contribution in [1.82, 2.24) is 24.7 Å². The number of fused-ring (bicyclic) bond motifs is 3. The van der Waals surface area contributed by atoms with Crippen molar-refractivity contribution in [2.45, 2.75) is 0 Å². The van der Waals surface area contributed by atoms with E-state index in [1.165, 1.54) is 22.7 Å². The maximum absolute atomic E-state index is 14.4. The van der Waals surface area contributed by atoms with Crippen molar-refractivity contribution in [3.8, 4) is 11.3 Å². The molecule has 8 nitrogen and oxygen atoms in total. The number of hydrogen-bond donors (Lipinski definition) is 1. The number of H-pyrrole nitrogens is 1. The minimum Gasteiger partial charge on any atom is -0.368 e. The van der Waals surface area contributed by atoms with E-state index < -0.39 is 11.4 Å². The van der Waals surface area contributed by atoms with Gasteiger partial charge < -0.3 is 9.80 Å². The number of carbonyl (C=O) groups is 1. The summed E-state index contributed by atoms with van der Waals surface area (Å²) in [5, 5.41) is 7.31. The van der Waals surface area contributed by atoms with E-state index in [9.17, 15) is 18.4 Å². The number of hydrogen-bond acceptors (Lipinski definition) is 5. The van der Waals surface area contributed by atoms with Crippen LogP contribution in [0.2, 0.25) is 0 Å². The van der Waals surface area contributed by atoms with Crippen LogP contribution in [0.4, 0.5) is 14.5 Å². The zero-order valence-electron chi connectivity index (χ0n) is 19.0. The Morgan fingerprint density at radius 1 is 0.917 bits per heavy atom. The van der Waals surface area contributed by atoms with Gasteiger partial charge in [-0.2, -0.15) is 10.1 Å². The lowest BCUT2D eigenvalue weighted by Crippen LogP contribution is -2.48. The van der Waals surface area contributed by atoms with Crippen molar-refractivity contribution in [1.29, 1.82) is 0 Å². The van der Waals surface area contributed by atoms with Gasteiger partial charge in [0, 0.05) is 43.0 Å². The molecule has 0 saturated carbocycles. The van der Waals surface area contributed by atoms with Gasteiger partial charge in [0.1, 0.15) is 17.3 Å². The SMILES string of the molecule is O=C(c1ccc2c(=O)nc3c(-c4ccccc4F)n[nH]n3c2c1)N1CCN(c2ccc(F)cc2)CC1. The van der Waals surface area contributed by atoms with Gasteiger partial charge in [0.05, 0.1) is 10.9 Å². The first-order valence-corrected chi connectivity index (χ1v) is 11.5. The standard InChI is InChI=1S/C26H20F2N6O2/c27-17-6-8-18(9-7-17)32-11-13-33(14-12-32)26(36)16-5-10-20-22(15-16)34-24(29-25(20)35)23(30-31-34)19-3-1-2-4-21(19)28/h1-10,15,31H,11-14H2. The summed E-state index contributed by atoms with van der Waals surface area (Å²) < 4.78 is 29.1. The number of halogens is 2. The number of anilines is 1. The molecule has 180 valence electrons. The lowest BCUT2D eigenvalue weighted by atomic mass is 10.1. The van der Waals surface area contributed by atoms with Crippen molar-refractivity contribution in [2.24, 2.45) is 0 Å². The number of benzene rings is 3. The average molecular weight is 486 g/mol. The van der Waals surface area contributed by atoms with Gasteiger partial charge in [-0.3, -0.25) is 9.59 Å². The maximum atomic E-state index is 14.4. The van der Waals surface area contributed by atoms with E-state index in [2.05, 4.69) is 20.2 Å². The second kappa shape index (κ2) is 8.56. The monoisotopic (exact) mass is 486 g/mol. The Kier molecular flexibility index (Phi) is 5.21. The highest BCUT2D eigenvalue weighted by Gasteiger charge is 2.24. The second-order valence-electron chi connectivity index (χ2n) is 8.60. The fourth-order valence-electron chi connectivity index (χ4n) is 4.60. The van der Waals surface area contributed by atoms with E-state index in [4.69, 9.17) is 0 Å². The molecule has 3 aromatic carbocycles. The number of carbonyl (C=O) groups excluding carboxylic acids is 1. The third-order valence-corrected chi connectivity index (χ3v) is 6.50. The van der Waals surface area contributed by atoms with Gasteiger partial charge in [-0.15, -0.1) is 0 Å². The van der Waals surface area contributed by atoms with E-state index in [0.717, 1.165) is 5.69 Å². The molecular formula is C26H20F2N6O2. The number of nitrogens with one attached hydrogen (secondary N) is 1. The van der Waals surface area contributed by atoms with E-state index in [0.29, 0.717) is 42.6 Å². The van der Waals surface area contributed by atoms with Crippen LogP contribution in [0.25, 0.3) is 27.8 Å². The molecule has 1 saturated heterocycles. The highest BCUT2D eigenvalue weighted by molar-refractivity contribution is 5.98. The zero-order chi connectivity index (χ0) is 24.8. The quantitative estimate of drug-likeness (QED) is 0.422. The van der Waals surface area contributed by atoms with Gasteiger partial charge in [0.2, 0.25) is 0 Å². The zero-order valence-corrected chi connectivity index (χ0v) is 19.0. The number of rotatable bonds is 3. The molecule has 6 rings (SSSR count). The van der Waals surface area contributed by atoms with Crippen LogP contribution in [0.3, 0.4) is 0 Å². The fourth-order valence-corrected chi connectivity index (χ4v) is 4.60. The molecule has 0 aliphatic carbocycles. The summed E-state index contributed by atoms with van der Waals surface area (Å²) in [4.78, 5) is 34.0. The third kappa shape index (κ3) is 3.67. The lowest BCUT2D eigenvalue weighted by Gasteiger charge is -2.36. The Morgan fingerprint density at radius 3 is 2.42 bits per heavy atom. The summed E-state index contributed by atoms with van der Waals surface area (Å²) in [7, 11) is 0. The Labute approximate surface area is 203 Å². The molecule has 3 heterocycles. The lowest BCUT2D eigenvalue weighted by molar-refractivity contribution is 0.0747. The summed E-state index contributed by atoms with van der Waals surface area (Å²) in [6.07, 6.45) is 0. The van der Waals surface area contributed by atoms with Gasteiger partial charge >= 0.3 is 0 Å². The molecule has 2 aromatic heterocycles. The summed E-state index contributed by atoms with van der Waals surface area (Å²) >= 11 is 0. The number of aromatic nitrogens is 4. The largest absolute Gasteiger partial charge is 0.368 e. The van der Waals surface area contributed by atoms with Crippen molar-refractivity contribution in [3.63, 3.8) is 0 Å². The maximum Gasteiger partial charge on any atom is 0.281 e. The van der Waals surface area contributed by atoms with Crippen LogP contribution in [0.5, 0.6) is 0 Å². The van der Waals surface area contributed by atoms with Crippen molar-refractivity contribution >= 4 is 28.1 Å². The molecule has 0 unspecified atom stereocenters. The van der Waals surface area contributed by atoms with Crippen LogP contribution in [0, 0.1) is 11.6 Å².